The van der Waals surface area contributed by atoms with Gasteiger partial charge in [0.1, 0.15) is 23.7 Å². The van der Waals surface area contributed by atoms with Gasteiger partial charge >= 0.3 is 7.60 Å². The number of ether oxygens (including phenoxy) is 2. The molecule has 4 aromatic rings. The average molecular weight is 622 g/mol. The zero-order valence-corrected chi connectivity index (χ0v) is 25.0. The summed E-state index contributed by atoms with van der Waals surface area (Å²) in [4.78, 5) is 12.5. The van der Waals surface area contributed by atoms with Gasteiger partial charge in [-0.3, -0.25) is 4.52 Å². The molecule has 4 unspecified atom stereocenters. The standard InChI is InChI=1S/C26H29ClN5O5PS2/c1-18(11-32-16-31-24-25(28)29-15-30-26(24)32)35-17-38(33,36-21-10-6-5-9-20(21)27)37-23-14-40-39-13-22(23)34-12-19-7-3-2-4-8-19/h2-10,15-16,18,22-23H,11-14,17H2,1H3,(H2,28,29,30). The lowest BCUT2D eigenvalue weighted by Crippen LogP contribution is -2.38. The van der Waals surface area contributed by atoms with Gasteiger partial charge in [0.15, 0.2) is 17.8 Å². The molecule has 1 fully saturated rings. The second-order valence-electron chi connectivity index (χ2n) is 9.12. The minimum Gasteiger partial charge on any atom is -0.421 e. The third kappa shape index (κ3) is 7.50. The van der Waals surface area contributed by atoms with Crippen LogP contribution in [0.15, 0.2) is 67.3 Å². The maximum Gasteiger partial charge on any atom is 0.405 e. The first-order valence-electron chi connectivity index (χ1n) is 12.5. The minimum atomic E-state index is -3.85. The molecule has 0 amide bonds. The fourth-order valence-corrected chi connectivity index (χ4v) is 8.45. The van der Waals surface area contributed by atoms with Crippen molar-refractivity contribution in [3.63, 3.8) is 0 Å². The van der Waals surface area contributed by atoms with Crippen molar-refractivity contribution in [1.82, 2.24) is 19.5 Å². The van der Waals surface area contributed by atoms with Crippen LogP contribution in [0.5, 0.6) is 5.75 Å². The van der Waals surface area contributed by atoms with Crippen molar-refractivity contribution in [3.8, 4) is 5.75 Å². The largest absolute Gasteiger partial charge is 0.421 e. The first kappa shape index (κ1) is 29.2. The molecule has 1 aliphatic heterocycles. The quantitative estimate of drug-likeness (QED) is 0.147. The number of nitrogen functional groups attached to an aromatic ring is 1. The fourth-order valence-electron chi connectivity index (χ4n) is 4.01. The van der Waals surface area contributed by atoms with Gasteiger partial charge in [-0.2, -0.15) is 0 Å². The van der Waals surface area contributed by atoms with Crippen LogP contribution in [0.1, 0.15) is 12.5 Å². The fraction of sp³-hybridized carbons (Fsp3) is 0.346. The van der Waals surface area contributed by atoms with E-state index in [0.717, 1.165) is 5.56 Å². The summed E-state index contributed by atoms with van der Waals surface area (Å²) >= 11 is 6.34. The van der Waals surface area contributed by atoms with Crippen LogP contribution >= 0.6 is 40.8 Å². The number of hydrogen-bond acceptors (Lipinski definition) is 11. The van der Waals surface area contributed by atoms with E-state index in [-0.39, 0.29) is 24.3 Å². The van der Waals surface area contributed by atoms with E-state index in [1.165, 1.54) is 6.33 Å². The number of fused-ring (bicyclic) bond motifs is 1. The highest BCUT2D eigenvalue weighted by atomic mass is 35.5. The van der Waals surface area contributed by atoms with Gasteiger partial charge in [0.05, 0.1) is 36.7 Å². The number of hydrogen-bond donors (Lipinski definition) is 1. The molecule has 40 heavy (non-hydrogen) atoms. The lowest BCUT2D eigenvalue weighted by atomic mass is 10.2. The van der Waals surface area contributed by atoms with Gasteiger partial charge in [-0.15, -0.1) is 0 Å². The maximum absolute atomic E-state index is 14.2. The van der Waals surface area contributed by atoms with Crippen LogP contribution in [-0.2, 0) is 31.7 Å². The number of nitrogens with zero attached hydrogens (tertiary/aromatic N) is 4. The van der Waals surface area contributed by atoms with E-state index < -0.39 is 13.7 Å². The van der Waals surface area contributed by atoms with E-state index >= 15 is 0 Å². The molecule has 14 heteroatoms. The Hall–Kier alpha value is -2.31. The summed E-state index contributed by atoms with van der Waals surface area (Å²) in [5.41, 5.74) is 8.06. The molecule has 4 atom stereocenters. The Morgan fingerprint density at radius 2 is 1.82 bits per heavy atom. The third-order valence-electron chi connectivity index (χ3n) is 6.04. The Bertz CT molecular complexity index is 1470. The molecule has 0 saturated carbocycles. The number of rotatable bonds is 12. The zero-order chi connectivity index (χ0) is 28.0. The van der Waals surface area contributed by atoms with Gasteiger partial charge in [-0.05, 0) is 24.6 Å². The third-order valence-corrected chi connectivity index (χ3v) is 10.3. The zero-order valence-electron chi connectivity index (χ0n) is 21.7. The summed E-state index contributed by atoms with van der Waals surface area (Å²) in [7, 11) is -0.508. The van der Waals surface area contributed by atoms with Gasteiger partial charge in [-0.25, -0.2) is 19.5 Å². The number of halogens is 1. The molecular weight excluding hydrogens is 593 g/mol. The van der Waals surface area contributed by atoms with Gasteiger partial charge < -0.3 is 24.3 Å². The smallest absolute Gasteiger partial charge is 0.405 e. The summed E-state index contributed by atoms with van der Waals surface area (Å²) in [5, 5.41) is 0.326. The molecule has 0 radical (unpaired) electrons. The highest BCUT2D eigenvalue weighted by molar-refractivity contribution is 8.76. The molecule has 3 heterocycles. The Kier molecular flexibility index (Phi) is 9.90. The molecule has 1 aliphatic rings. The van der Waals surface area contributed by atoms with Gasteiger partial charge in [0.25, 0.3) is 0 Å². The van der Waals surface area contributed by atoms with E-state index in [2.05, 4.69) is 15.0 Å². The van der Waals surface area contributed by atoms with Crippen LogP contribution in [-0.4, -0.2) is 55.7 Å². The summed E-state index contributed by atoms with van der Waals surface area (Å²) in [6, 6.07) is 16.8. The highest BCUT2D eigenvalue weighted by Crippen LogP contribution is 2.53. The SMILES string of the molecule is CC(Cn1cnc2c(N)ncnc21)OCP(=O)(Oc1ccccc1Cl)OC1CSSCC1OCc1ccccc1. The normalized spacial score (nSPS) is 19.8. The summed E-state index contributed by atoms with van der Waals surface area (Å²) in [6.07, 6.45) is 1.58. The molecule has 2 aromatic carbocycles. The molecule has 5 rings (SSSR count). The van der Waals surface area contributed by atoms with Crippen molar-refractivity contribution in [3.05, 3.63) is 77.8 Å². The Labute approximate surface area is 245 Å². The lowest BCUT2D eigenvalue weighted by Gasteiger charge is -2.33. The molecule has 0 aliphatic carbocycles. The van der Waals surface area contributed by atoms with E-state index in [9.17, 15) is 4.57 Å². The molecule has 10 nitrogen and oxygen atoms in total. The van der Waals surface area contributed by atoms with Crippen LogP contribution in [0.3, 0.4) is 0 Å². The first-order chi connectivity index (χ1) is 19.4. The number of benzene rings is 2. The monoisotopic (exact) mass is 621 g/mol. The van der Waals surface area contributed by atoms with Crippen molar-refractivity contribution in [2.24, 2.45) is 0 Å². The van der Waals surface area contributed by atoms with Crippen LogP contribution in [0.25, 0.3) is 11.2 Å². The predicted octanol–water partition coefficient (Wildman–Crippen LogP) is 6.06. The highest BCUT2D eigenvalue weighted by Gasteiger charge is 2.38. The van der Waals surface area contributed by atoms with Crippen LogP contribution < -0.4 is 10.3 Å². The molecular formula is C26H29ClN5O5PS2. The number of para-hydroxylation sites is 1. The van der Waals surface area contributed by atoms with E-state index in [1.807, 2.05) is 37.3 Å². The topological polar surface area (TPSA) is 124 Å². The molecule has 212 valence electrons. The number of anilines is 1. The van der Waals surface area contributed by atoms with E-state index in [0.29, 0.717) is 46.7 Å². The second-order valence-corrected chi connectivity index (χ2v) is 13.9. The first-order valence-corrected chi connectivity index (χ1v) is 17.1. The number of nitrogens with two attached hydrogens (primary N) is 1. The summed E-state index contributed by atoms with van der Waals surface area (Å²) in [5.74, 6) is 1.83. The van der Waals surface area contributed by atoms with Crippen molar-refractivity contribution in [2.45, 2.75) is 38.4 Å². The number of aromatic nitrogens is 4. The Morgan fingerprint density at radius 3 is 2.62 bits per heavy atom. The van der Waals surface area contributed by atoms with E-state index in [1.54, 1.807) is 56.7 Å². The Morgan fingerprint density at radius 1 is 1.07 bits per heavy atom. The summed E-state index contributed by atoms with van der Waals surface area (Å²) < 4.78 is 40.5. The average Bonchev–Trinajstić information content (AvgIpc) is 3.37. The van der Waals surface area contributed by atoms with Gasteiger partial charge in [0, 0.05) is 11.5 Å². The molecule has 0 spiro atoms. The molecule has 2 N–H and O–H groups in total. The second kappa shape index (κ2) is 13.6. The van der Waals surface area contributed by atoms with Crippen molar-refractivity contribution >= 4 is 57.8 Å². The number of imidazole rings is 1. The van der Waals surface area contributed by atoms with Gasteiger partial charge in [0.2, 0.25) is 0 Å². The molecule has 1 saturated heterocycles. The van der Waals surface area contributed by atoms with Crippen molar-refractivity contribution in [2.75, 3.05) is 23.6 Å². The Balaban J connectivity index is 1.29. The van der Waals surface area contributed by atoms with Crippen LogP contribution in [0, 0.1) is 0 Å². The van der Waals surface area contributed by atoms with E-state index in [4.69, 9.17) is 35.9 Å². The minimum absolute atomic E-state index is 0.260. The van der Waals surface area contributed by atoms with Crippen molar-refractivity contribution < 1.29 is 23.1 Å². The van der Waals surface area contributed by atoms with Crippen molar-refractivity contribution in [1.29, 1.82) is 0 Å². The summed E-state index contributed by atoms with van der Waals surface area (Å²) in [6.45, 7) is 2.67. The van der Waals surface area contributed by atoms with Gasteiger partial charge in [-0.1, -0.05) is 75.7 Å². The van der Waals surface area contributed by atoms with Crippen LogP contribution in [0.4, 0.5) is 5.82 Å². The predicted molar refractivity (Wildman–Crippen MR) is 160 cm³/mol. The molecule has 2 aromatic heterocycles. The van der Waals surface area contributed by atoms with Crippen LogP contribution in [0.2, 0.25) is 5.02 Å². The molecule has 0 bridgehead atoms. The maximum atomic E-state index is 14.2. The lowest BCUT2D eigenvalue weighted by molar-refractivity contribution is -0.0192.